The highest BCUT2D eigenvalue weighted by Gasteiger charge is 2.20. The van der Waals surface area contributed by atoms with E-state index in [1.165, 1.54) is 0 Å². The number of ether oxygens (including phenoxy) is 2. The third-order valence-corrected chi connectivity index (χ3v) is 3.52. The number of benzene rings is 1. The Morgan fingerprint density at radius 2 is 2.00 bits per heavy atom. The van der Waals surface area contributed by atoms with Gasteiger partial charge in [-0.3, -0.25) is 0 Å². The molecule has 0 fully saturated rings. The summed E-state index contributed by atoms with van der Waals surface area (Å²) in [5, 5.41) is 0. The normalized spacial score (nSPS) is 16.5. The zero-order chi connectivity index (χ0) is 14.0. The van der Waals surface area contributed by atoms with Gasteiger partial charge in [0.2, 0.25) is 0 Å². The summed E-state index contributed by atoms with van der Waals surface area (Å²) in [4.78, 5) is 15.5. The van der Waals surface area contributed by atoms with E-state index in [9.17, 15) is 4.79 Å². The third-order valence-electron chi connectivity index (χ3n) is 2.34. The summed E-state index contributed by atoms with van der Waals surface area (Å²) in [7, 11) is 0. The van der Waals surface area contributed by atoms with Gasteiger partial charge in [0.25, 0.3) is 0 Å². The molecule has 0 saturated carbocycles. The molecule has 1 aliphatic heterocycles. The number of cyclic esters (lactones) is 1. The van der Waals surface area contributed by atoms with Crippen LogP contribution in [-0.2, 0) is 9.53 Å². The molecule has 0 amide bonds. The fraction of sp³-hybridized carbons (Fsp3) is 0.231. The van der Waals surface area contributed by atoms with Crippen molar-refractivity contribution in [3.05, 3.63) is 32.3 Å². The standard InChI is InChI=1S/C13H11Br2NO3/c1-3-18-12-9(14)4-8(5-10(12)15)6-11-13(17)19-7(2)16-11/h4-6H,3H2,1-2H3/b11-6-. The van der Waals surface area contributed by atoms with Crippen LogP contribution in [0.25, 0.3) is 6.08 Å². The van der Waals surface area contributed by atoms with Crippen molar-refractivity contribution in [2.24, 2.45) is 4.99 Å². The molecule has 0 aromatic heterocycles. The number of aliphatic imine (C=N–C) groups is 1. The van der Waals surface area contributed by atoms with Crippen molar-refractivity contribution in [3.8, 4) is 5.75 Å². The quantitative estimate of drug-likeness (QED) is 0.582. The van der Waals surface area contributed by atoms with Gasteiger partial charge >= 0.3 is 5.97 Å². The molecule has 6 heteroatoms. The maximum atomic E-state index is 11.5. The van der Waals surface area contributed by atoms with Crippen LogP contribution in [0.2, 0.25) is 0 Å². The first-order valence-electron chi connectivity index (χ1n) is 5.62. The van der Waals surface area contributed by atoms with Gasteiger partial charge in [0.1, 0.15) is 5.75 Å². The van der Waals surface area contributed by atoms with E-state index in [1.54, 1.807) is 13.0 Å². The molecular formula is C13H11Br2NO3. The van der Waals surface area contributed by atoms with E-state index >= 15 is 0 Å². The topological polar surface area (TPSA) is 47.9 Å². The molecule has 0 aliphatic carbocycles. The lowest BCUT2D eigenvalue weighted by Crippen LogP contribution is -2.00. The van der Waals surface area contributed by atoms with Crippen LogP contribution in [0, 0.1) is 0 Å². The van der Waals surface area contributed by atoms with Crippen molar-refractivity contribution in [2.45, 2.75) is 13.8 Å². The van der Waals surface area contributed by atoms with E-state index in [1.807, 2.05) is 19.1 Å². The fourth-order valence-corrected chi connectivity index (χ4v) is 3.07. The molecule has 1 aromatic carbocycles. The van der Waals surface area contributed by atoms with Gasteiger partial charge in [0.05, 0.1) is 15.6 Å². The molecule has 1 aliphatic rings. The first-order valence-corrected chi connectivity index (χ1v) is 7.21. The number of halogens is 2. The number of carbonyl (C=O) groups is 1. The Morgan fingerprint density at radius 3 is 2.47 bits per heavy atom. The zero-order valence-electron chi connectivity index (χ0n) is 10.4. The van der Waals surface area contributed by atoms with Gasteiger partial charge < -0.3 is 9.47 Å². The third kappa shape index (κ3) is 3.25. The molecule has 0 spiro atoms. The molecule has 1 aromatic rings. The summed E-state index contributed by atoms with van der Waals surface area (Å²) in [5.41, 5.74) is 1.12. The second kappa shape index (κ2) is 5.88. The van der Waals surface area contributed by atoms with E-state index < -0.39 is 5.97 Å². The molecule has 2 rings (SSSR count). The summed E-state index contributed by atoms with van der Waals surface area (Å²) in [5.74, 6) is 0.664. The first-order chi connectivity index (χ1) is 9.01. The lowest BCUT2D eigenvalue weighted by molar-refractivity contribution is -0.130. The van der Waals surface area contributed by atoms with Crippen molar-refractivity contribution in [2.75, 3.05) is 6.61 Å². The van der Waals surface area contributed by atoms with Gasteiger partial charge in [-0.1, -0.05) is 0 Å². The van der Waals surface area contributed by atoms with Crippen molar-refractivity contribution < 1.29 is 14.3 Å². The van der Waals surface area contributed by atoms with Crippen molar-refractivity contribution in [3.63, 3.8) is 0 Å². The average Bonchev–Trinajstić information content (AvgIpc) is 2.62. The molecule has 0 radical (unpaired) electrons. The Balaban J connectivity index is 2.38. The van der Waals surface area contributed by atoms with Crippen molar-refractivity contribution >= 4 is 49.8 Å². The fourth-order valence-electron chi connectivity index (χ4n) is 1.62. The van der Waals surface area contributed by atoms with Crippen LogP contribution in [0.15, 0.2) is 31.8 Å². The molecule has 0 saturated heterocycles. The van der Waals surface area contributed by atoms with Gasteiger partial charge in [-0.25, -0.2) is 9.79 Å². The van der Waals surface area contributed by atoms with E-state index in [-0.39, 0.29) is 0 Å². The van der Waals surface area contributed by atoms with Crippen LogP contribution < -0.4 is 4.74 Å². The Morgan fingerprint density at radius 1 is 1.37 bits per heavy atom. The first kappa shape index (κ1) is 14.3. The predicted molar refractivity (Wildman–Crippen MR) is 80.2 cm³/mol. The average molecular weight is 389 g/mol. The van der Waals surface area contributed by atoms with Gasteiger partial charge in [0, 0.05) is 6.92 Å². The minimum atomic E-state index is -0.432. The molecule has 0 N–H and O–H groups in total. The van der Waals surface area contributed by atoms with Crippen LogP contribution in [0.5, 0.6) is 5.75 Å². The summed E-state index contributed by atoms with van der Waals surface area (Å²) >= 11 is 6.88. The van der Waals surface area contributed by atoms with Crippen LogP contribution >= 0.6 is 31.9 Å². The summed E-state index contributed by atoms with van der Waals surface area (Å²) in [6.07, 6.45) is 1.67. The highest BCUT2D eigenvalue weighted by molar-refractivity contribution is 9.11. The summed E-state index contributed by atoms with van der Waals surface area (Å²) in [6.45, 7) is 4.14. The second-order valence-corrected chi connectivity index (χ2v) is 5.51. The summed E-state index contributed by atoms with van der Waals surface area (Å²) in [6, 6.07) is 3.72. The van der Waals surface area contributed by atoms with Gasteiger partial charge in [-0.2, -0.15) is 0 Å². The monoisotopic (exact) mass is 387 g/mol. The number of carbonyl (C=O) groups excluding carboxylic acids is 1. The molecular weight excluding hydrogens is 378 g/mol. The number of hydrogen-bond acceptors (Lipinski definition) is 4. The Hall–Kier alpha value is -1.14. The van der Waals surface area contributed by atoms with Crippen LogP contribution in [0.4, 0.5) is 0 Å². The maximum Gasteiger partial charge on any atom is 0.363 e. The number of esters is 1. The molecule has 100 valence electrons. The van der Waals surface area contributed by atoms with E-state index in [4.69, 9.17) is 9.47 Å². The minimum absolute atomic E-state index is 0.292. The SMILES string of the molecule is CCOc1c(Br)cc(/C=C2\N=C(C)OC2=O)cc1Br. The van der Waals surface area contributed by atoms with Gasteiger partial charge in [-0.15, -0.1) is 0 Å². The molecule has 19 heavy (non-hydrogen) atoms. The highest BCUT2D eigenvalue weighted by atomic mass is 79.9. The van der Waals surface area contributed by atoms with Gasteiger partial charge in [0.15, 0.2) is 11.6 Å². The van der Waals surface area contributed by atoms with Crippen LogP contribution in [0.3, 0.4) is 0 Å². The lowest BCUT2D eigenvalue weighted by Gasteiger charge is -2.09. The van der Waals surface area contributed by atoms with Crippen LogP contribution in [0.1, 0.15) is 19.4 Å². The second-order valence-electron chi connectivity index (χ2n) is 3.80. The van der Waals surface area contributed by atoms with Crippen molar-refractivity contribution in [1.29, 1.82) is 0 Å². The smallest absolute Gasteiger partial charge is 0.363 e. The van der Waals surface area contributed by atoms with Crippen LogP contribution in [-0.4, -0.2) is 18.5 Å². The van der Waals surface area contributed by atoms with Gasteiger partial charge in [-0.05, 0) is 62.6 Å². The Bertz CT molecular complexity index is 571. The Kier molecular flexibility index (Phi) is 4.42. The minimum Gasteiger partial charge on any atom is -0.492 e. The van der Waals surface area contributed by atoms with Crippen molar-refractivity contribution in [1.82, 2.24) is 0 Å². The molecule has 0 unspecified atom stereocenters. The zero-order valence-corrected chi connectivity index (χ0v) is 13.5. The number of rotatable bonds is 3. The molecule has 4 nitrogen and oxygen atoms in total. The van der Waals surface area contributed by atoms with E-state index in [0.29, 0.717) is 18.2 Å². The predicted octanol–water partition coefficient (Wildman–Crippen LogP) is 3.93. The molecule has 0 atom stereocenters. The Labute approximate surface area is 127 Å². The lowest BCUT2D eigenvalue weighted by atomic mass is 10.2. The van der Waals surface area contributed by atoms with E-state index in [0.717, 1.165) is 20.3 Å². The maximum absolute atomic E-state index is 11.5. The number of nitrogens with zero attached hydrogens (tertiary/aromatic N) is 1. The van der Waals surface area contributed by atoms with E-state index in [2.05, 4.69) is 36.9 Å². The summed E-state index contributed by atoms with van der Waals surface area (Å²) < 4.78 is 12.0. The molecule has 1 heterocycles. The number of hydrogen-bond donors (Lipinski definition) is 0. The molecule has 0 bridgehead atoms. The highest BCUT2D eigenvalue weighted by Crippen LogP contribution is 2.35. The largest absolute Gasteiger partial charge is 0.492 e.